The zero-order valence-electron chi connectivity index (χ0n) is 13.5. The van der Waals surface area contributed by atoms with Gasteiger partial charge in [-0.15, -0.1) is 0 Å². The minimum Gasteiger partial charge on any atom is -0.341 e. The molecule has 4 rings (SSSR count). The maximum absolute atomic E-state index is 12.6. The molecule has 0 saturated heterocycles. The Morgan fingerprint density at radius 3 is 2.96 bits per heavy atom. The molecule has 7 nitrogen and oxygen atoms in total. The van der Waals surface area contributed by atoms with Crippen LogP contribution in [0.3, 0.4) is 0 Å². The molecule has 0 bridgehead atoms. The van der Waals surface area contributed by atoms with Crippen LogP contribution in [0.25, 0.3) is 0 Å². The Balaban J connectivity index is 1.53. The van der Waals surface area contributed by atoms with Crippen molar-refractivity contribution < 1.29 is 4.79 Å². The van der Waals surface area contributed by atoms with Crippen LogP contribution in [0.4, 0.5) is 0 Å². The number of hydrogen-bond acceptors (Lipinski definition) is 4. The molecule has 0 fully saturated rings. The number of aryl methyl sites for hydroxylation is 4. The first-order valence-corrected chi connectivity index (χ1v) is 8.56. The zero-order valence-corrected chi connectivity index (χ0v) is 13.5. The maximum Gasteiger partial charge on any atom is 0.272 e. The fourth-order valence-electron chi connectivity index (χ4n) is 3.45. The van der Waals surface area contributed by atoms with Crippen molar-refractivity contribution in [1.82, 2.24) is 29.9 Å². The lowest BCUT2D eigenvalue weighted by atomic mass is 10.1. The highest BCUT2D eigenvalue weighted by Gasteiger charge is 2.27. The number of hydrogen-bond donors (Lipinski definition) is 1. The highest BCUT2D eigenvalue weighted by atomic mass is 16.2. The quantitative estimate of drug-likeness (QED) is 0.934. The number of carbonyl (C=O) groups is 1. The van der Waals surface area contributed by atoms with Gasteiger partial charge in [0.2, 0.25) is 0 Å². The molecule has 0 aromatic carbocycles. The van der Waals surface area contributed by atoms with Crippen LogP contribution in [0.5, 0.6) is 0 Å². The fraction of sp³-hybridized carbons (Fsp3) is 0.625. The number of fused-ring (bicyclic) bond motifs is 2. The number of aromatic nitrogens is 5. The second-order valence-corrected chi connectivity index (χ2v) is 6.33. The number of nitrogens with one attached hydrogen (secondary N) is 1. The fourth-order valence-corrected chi connectivity index (χ4v) is 3.45. The van der Waals surface area contributed by atoms with Gasteiger partial charge in [-0.1, -0.05) is 6.92 Å². The molecule has 2 aromatic rings. The molecular weight excluding hydrogens is 292 g/mol. The average molecular weight is 314 g/mol. The van der Waals surface area contributed by atoms with E-state index in [1.807, 2.05) is 22.4 Å². The standard InChI is InChI=1S/C16H22N6O/c1-2-14-18-15-12(7-5-9-22(15)20-14)17-16(23)13-10-11-6-3-4-8-21(11)19-13/h10,12H,2-9H2,1H3,(H,17,23). The minimum atomic E-state index is -0.105. The van der Waals surface area contributed by atoms with Gasteiger partial charge in [0.1, 0.15) is 11.5 Å². The van der Waals surface area contributed by atoms with Gasteiger partial charge in [-0.25, -0.2) is 9.67 Å². The van der Waals surface area contributed by atoms with Crippen LogP contribution in [0.15, 0.2) is 6.07 Å². The summed E-state index contributed by atoms with van der Waals surface area (Å²) in [5.74, 6) is 1.62. The van der Waals surface area contributed by atoms with Gasteiger partial charge in [-0.2, -0.15) is 10.2 Å². The molecule has 23 heavy (non-hydrogen) atoms. The second kappa shape index (κ2) is 5.79. The topological polar surface area (TPSA) is 77.6 Å². The predicted octanol–water partition coefficient (Wildman–Crippen LogP) is 1.64. The van der Waals surface area contributed by atoms with E-state index in [0.717, 1.165) is 56.8 Å². The molecule has 1 amide bonds. The zero-order chi connectivity index (χ0) is 15.8. The van der Waals surface area contributed by atoms with Gasteiger partial charge in [-0.05, 0) is 38.2 Å². The van der Waals surface area contributed by atoms with E-state index in [1.54, 1.807) is 0 Å². The van der Waals surface area contributed by atoms with Crippen LogP contribution in [0, 0.1) is 0 Å². The van der Waals surface area contributed by atoms with Crippen LogP contribution in [0.1, 0.15) is 66.5 Å². The van der Waals surface area contributed by atoms with Crippen molar-refractivity contribution in [2.45, 2.75) is 64.6 Å². The summed E-state index contributed by atoms with van der Waals surface area (Å²) in [6, 6.07) is 1.86. The third kappa shape index (κ3) is 2.64. The summed E-state index contributed by atoms with van der Waals surface area (Å²) in [5, 5.41) is 12.0. The predicted molar refractivity (Wildman–Crippen MR) is 84.0 cm³/mol. The summed E-state index contributed by atoms with van der Waals surface area (Å²) in [4.78, 5) is 17.1. The molecule has 1 atom stereocenters. The van der Waals surface area contributed by atoms with E-state index < -0.39 is 0 Å². The van der Waals surface area contributed by atoms with Crippen LogP contribution in [0.2, 0.25) is 0 Å². The molecule has 0 aliphatic carbocycles. The molecule has 0 radical (unpaired) electrons. The van der Waals surface area contributed by atoms with Crippen LogP contribution < -0.4 is 5.32 Å². The van der Waals surface area contributed by atoms with Gasteiger partial charge in [-0.3, -0.25) is 9.48 Å². The van der Waals surface area contributed by atoms with Gasteiger partial charge in [0, 0.05) is 25.2 Å². The lowest BCUT2D eigenvalue weighted by Crippen LogP contribution is -2.33. The summed E-state index contributed by atoms with van der Waals surface area (Å²) in [5.41, 5.74) is 1.69. The summed E-state index contributed by atoms with van der Waals surface area (Å²) < 4.78 is 3.91. The largest absolute Gasteiger partial charge is 0.341 e. The van der Waals surface area contributed by atoms with E-state index in [2.05, 4.69) is 20.5 Å². The van der Waals surface area contributed by atoms with Crippen molar-refractivity contribution in [3.05, 3.63) is 29.1 Å². The van der Waals surface area contributed by atoms with Gasteiger partial charge >= 0.3 is 0 Å². The van der Waals surface area contributed by atoms with E-state index >= 15 is 0 Å². The first-order chi connectivity index (χ1) is 11.2. The molecule has 2 aliphatic rings. The lowest BCUT2D eigenvalue weighted by molar-refractivity contribution is 0.0921. The Labute approximate surface area is 135 Å². The minimum absolute atomic E-state index is 0.0669. The van der Waals surface area contributed by atoms with Gasteiger partial charge in [0.15, 0.2) is 5.82 Å². The molecule has 0 spiro atoms. The van der Waals surface area contributed by atoms with Crippen molar-refractivity contribution in [1.29, 1.82) is 0 Å². The Bertz CT molecular complexity index is 708. The van der Waals surface area contributed by atoms with Crippen LogP contribution >= 0.6 is 0 Å². The number of carbonyl (C=O) groups excluding carboxylic acids is 1. The lowest BCUT2D eigenvalue weighted by Gasteiger charge is -2.22. The molecule has 0 saturated carbocycles. The van der Waals surface area contributed by atoms with Crippen LogP contribution in [-0.4, -0.2) is 30.5 Å². The average Bonchev–Trinajstić information content (AvgIpc) is 3.19. The molecule has 4 heterocycles. The Morgan fingerprint density at radius 1 is 1.26 bits per heavy atom. The molecule has 2 aliphatic heterocycles. The third-order valence-electron chi connectivity index (χ3n) is 4.69. The number of rotatable bonds is 3. The highest BCUT2D eigenvalue weighted by Crippen LogP contribution is 2.24. The van der Waals surface area contributed by atoms with Crippen LogP contribution in [-0.2, 0) is 25.9 Å². The molecule has 2 aromatic heterocycles. The molecule has 1 N–H and O–H groups in total. The summed E-state index contributed by atoms with van der Waals surface area (Å²) in [7, 11) is 0. The summed E-state index contributed by atoms with van der Waals surface area (Å²) >= 11 is 0. The summed E-state index contributed by atoms with van der Waals surface area (Å²) in [6.07, 6.45) is 6.05. The molecule has 7 heteroatoms. The smallest absolute Gasteiger partial charge is 0.272 e. The Morgan fingerprint density at radius 2 is 2.13 bits per heavy atom. The first-order valence-electron chi connectivity index (χ1n) is 8.56. The first kappa shape index (κ1) is 14.4. The van der Waals surface area contributed by atoms with Crippen molar-refractivity contribution in [3.63, 3.8) is 0 Å². The monoisotopic (exact) mass is 314 g/mol. The van der Waals surface area contributed by atoms with E-state index in [0.29, 0.717) is 5.69 Å². The highest BCUT2D eigenvalue weighted by molar-refractivity contribution is 5.92. The van der Waals surface area contributed by atoms with E-state index in [1.165, 1.54) is 12.1 Å². The third-order valence-corrected chi connectivity index (χ3v) is 4.69. The normalized spacial score (nSPS) is 20.0. The van der Waals surface area contributed by atoms with Gasteiger partial charge < -0.3 is 5.32 Å². The Kier molecular flexibility index (Phi) is 3.63. The Hall–Kier alpha value is -2.18. The van der Waals surface area contributed by atoms with Gasteiger partial charge in [0.25, 0.3) is 5.91 Å². The SMILES string of the molecule is CCc1nc2n(n1)CCCC2NC(=O)c1cc2n(n1)CCCC2. The number of amides is 1. The second-order valence-electron chi connectivity index (χ2n) is 6.33. The maximum atomic E-state index is 12.6. The molecule has 122 valence electrons. The molecular formula is C16H22N6O. The number of nitrogens with zero attached hydrogens (tertiary/aromatic N) is 5. The van der Waals surface area contributed by atoms with Crippen molar-refractivity contribution in [3.8, 4) is 0 Å². The summed E-state index contributed by atoms with van der Waals surface area (Å²) in [6.45, 7) is 3.85. The van der Waals surface area contributed by atoms with Crippen molar-refractivity contribution in [2.24, 2.45) is 0 Å². The van der Waals surface area contributed by atoms with Gasteiger partial charge in [0.05, 0.1) is 6.04 Å². The van der Waals surface area contributed by atoms with E-state index in [4.69, 9.17) is 0 Å². The van der Waals surface area contributed by atoms with Crippen molar-refractivity contribution >= 4 is 5.91 Å². The van der Waals surface area contributed by atoms with Crippen molar-refractivity contribution in [2.75, 3.05) is 0 Å². The van der Waals surface area contributed by atoms with E-state index in [-0.39, 0.29) is 11.9 Å². The molecule has 1 unspecified atom stereocenters. The van der Waals surface area contributed by atoms with E-state index in [9.17, 15) is 4.79 Å².